The van der Waals surface area contributed by atoms with Gasteiger partial charge in [-0.2, -0.15) is 0 Å². The highest BCUT2D eigenvalue weighted by molar-refractivity contribution is 5.95. The summed E-state index contributed by atoms with van der Waals surface area (Å²) in [6, 6.07) is 3.91. The fraction of sp³-hybridized carbons (Fsp3) is 0.500. The Labute approximate surface area is 129 Å². The van der Waals surface area contributed by atoms with Crippen LogP contribution in [0.1, 0.15) is 44.0 Å². The SMILES string of the molecule is CC(C)CC(=O)Nc1ccc(C(=O)NCCC(C)O)cc1F. The number of rotatable bonds is 7. The topological polar surface area (TPSA) is 78.4 Å². The van der Waals surface area contributed by atoms with Crippen molar-refractivity contribution in [2.45, 2.75) is 39.7 Å². The lowest BCUT2D eigenvalue weighted by Crippen LogP contribution is -2.26. The van der Waals surface area contributed by atoms with E-state index in [0.29, 0.717) is 19.4 Å². The Balaban J connectivity index is 2.64. The van der Waals surface area contributed by atoms with Gasteiger partial charge in [-0.1, -0.05) is 13.8 Å². The van der Waals surface area contributed by atoms with Crippen molar-refractivity contribution in [3.8, 4) is 0 Å². The third-order valence-electron chi connectivity index (χ3n) is 2.95. The zero-order valence-electron chi connectivity index (χ0n) is 13.1. The van der Waals surface area contributed by atoms with E-state index in [-0.39, 0.29) is 23.1 Å². The third kappa shape index (κ3) is 6.22. The Morgan fingerprint density at radius 2 is 1.95 bits per heavy atom. The molecule has 0 saturated heterocycles. The summed E-state index contributed by atoms with van der Waals surface area (Å²) < 4.78 is 13.9. The van der Waals surface area contributed by atoms with Gasteiger partial charge in [0.05, 0.1) is 11.8 Å². The number of carbonyl (C=O) groups excluding carboxylic acids is 2. The standard InChI is InChI=1S/C16H23FN2O3/c1-10(2)8-15(21)19-14-5-4-12(9-13(14)17)16(22)18-7-6-11(3)20/h4-5,9-11,20H,6-8H2,1-3H3,(H,18,22)(H,19,21). The first-order valence-electron chi connectivity index (χ1n) is 7.35. The van der Waals surface area contributed by atoms with Crippen LogP contribution in [0.25, 0.3) is 0 Å². The number of benzene rings is 1. The van der Waals surface area contributed by atoms with Crippen LogP contribution in [0.2, 0.25) is 0 Å². The molecule has 5 nitrogen and oxygen atoms in total. The second kappa shape index (κ2) is 8.48. The van der Waals surface area contributed by atoms with Gasteiger partial charge in [0.2, 0.25) is 5.91 Å². The summed E-state index contributed by atoms with van der Waals surface area (Å²) in [5.74, 6) is -1.15. The third-order valence-corrected chi connectivity index (χ3v) is 2.95. The fourth-order valence-electron chi connectivity index (χ4n) is 1.83. The van der Waals surface area contributed by atoms with Gasteiger partial charge in [-0.15, -0.1) is 0 Å². The number of anilines is 1. The highest BCUT2D eigenvalue weighted by atomic mass is 19.1. The minimum absolute atomic E-state index is 0.0613. The normalized spacial score (nSPS) is 12.1. The minimum atomic E-state index is -0.653. The zero-order valence-corrected chi connectivity index (χ0v) is 13.1. The van der Waals surface area contributed by atoms with Crippen molar-refractivity contribution in [2.24, 2.45) is 5.92 Å². The maximum atomic E-state index is 13.9. The molecule has 0 saturated carbocycles. The first-order chi connectivity index (χ1) is 10.3. The molecule has 122 valence electrons. The van der Waals surface area contributed by atoms with E-state index in [1.807, 2.05) is 13.8 Å². The molecule has 1 atom stereocenters. The second-order valence-corrected chi connectivity index (χ2v) is 5.73. The molecule has 0 spiro atoms. The van der Waals surface area contributed by atoms with Crippen molar-refractivity contribution in [3.63, 3.8) is 0 Å². The number of hydrogen-bond acceptors (Lipinski definition) is 3. The van der Waals surface area contributed by atoms with E-state index in [9.17, 15) is 14.0 Å². The van der Waals surface area contributed by atoms with E-state index >= 15 is 0 Å². The number of aliphatic hydroxyl groups excluding tert-OH is 1. The molecule has 1 aromatic rings. The first-order valence-corrected chi connectivity index (χ1v) is 7.35. The van der Waals surface area contributed by atoms with Crippen molar-refractivity contribution in [1.29, 1.82) is 0 Å². The van der Waals surface area contributed by atoms with Gasteiger partial charge >= 0.3 is 0 Å². The van der Waals surface area contributed by atoms with Gasteiger partial charge in [-0.3, -0.25) is 9.59 Å². The Morgan fingerprint density at radius 3 is 2.50 bits per heavy atom. The summed E-state index contributed by atoms with van der Waals surface area (Å²) in [5, 5.41) is 14.2. The lowest BCUT2D eigenvalue weighted by atomic mass is 10.1. The summed E-state index contributed by atoms with van der Waals surface area (Å²) in [4.78, 5) is 23.4. The molecule has 0 radical (unpaired) electrons. The van der Waals surface area contributed by atoms with E-state index < -0.39 is 17.8 Å². The molecule has 0 bridgehead atoms. The van der Waals surface area contributed by atoms with Crippen LogP contribution in [-0.2, 0) is 4.79 Å². The average molecular weight is 310 g/mol. The molecule has 0 aliphatic rings. The lowest BCUT2D eigenvalue weighted by molar-refractivity contribution is -0.116. The number of hydrogen-bond donors (Lipinski definition) is 3. The minimum Gasteiger partial charge on any atom is -0.393 e. The van der Waals surface area contributed by atoms with Gasteiger partial charge in [-0.05, 0) is 37.5 Å². The second-order valence-electron chi connectivity index (χ2n) is 5.73. The predicted molar refractivity (Wildman–Crippen MR) is 83.1 cm³/mol. The van der Waals surface area contributed by atoms with Crippen LogP contribution >= 0.6 is 0 Å². The van der Waals surface area contributed by atoms with Crippen LogP contribution < -0.4 is 10.6 Å². The summed E-state index contributed by atoms with van der Waals surface area (Å²) in [6.45, 7) is 5.73. The van der Waals surface area contributed by atoms with Crippen LogP contribution in [0.4, 0.5) is 10.1 Å². The van der Waals surface area contributed by atoms with E-state index in [4.69, 9.17) is 5.11 Å². The van der Waals surface area contributed by atoms with Crippen molar-refractivity contribution in [2.75, 3.05) is 11.9 Å². The van der Waals surface area contributed by atoms with Crippen LogP contribution in [0.3, 0.4) is 0 Å². The summed E-state index contributed by atoms with van der Waals surface area (Å²) in [7, 11) is 0. The van der Waals surface area contributed by atoms with Crippen LogP contribution in [0, 0.1) is 11.7 Å². The van der Waals surface area contributed by atoms with Gasteiger partial charge in [0.25, 0.3) is 5.91 Å². The quantitative estimate of drug-likeness (QED) is 0.723. The van der Waals surface area contributed by atoms with Gasteiger partial charge in [0, 0.05) is 18.5 Å². The molecule has 1 rings (SSSR count). The first kappa shape index (κ1) is 18.1. The molecule has 1 unspecified atom stereocenters. The highest BCUT2D eigenvalue weighted by Gasteiger charge is 2.12. The van der Waals surface area contributed by atoms with Crippen molar-refractivity contribution >= 4 is 17.5 Å². The lowest BCUT2D eigenvalue weighted by Gasteiger charge is -2.10. The monoisotopic (exact) mass is 310 g/mol. The van der Waals surface area contributed by atoms with Gasteiger partial charge in [0.15, 0.2) is 0 Å². The average Bonchev–Trinajstić information content (AvgIpc) is 2.39. The van der Waals surface area contributed by atoms with Gasteiger partial charge in [-0.25, -0.2) is 4.39 Å². The Morgan fingerprint density at radius 1 is 1.27 bits per heavy atom. The van der Waals surface area contributed by atoms with Crippen LogP contribution in [-0.4, -0.2) is 29.6 Å². The van der Waals surface area contributed by atoms with E-state index in [2.05, 4.69) is 10.6 Å². The van der Waals surface area contributed by atoms with Gasteiger partial charge in [0.1, 0.15) is 5.82 Å². The number of carbonyl (C=O) groups is 2. The molecule has 0 heterocycles. The van der Waals surface area contributed by atoms with E-state index in [1.54, 1.807) is 6.92 Å². The van der Waals surface area contributed by atoms with Crippen LogP contribution in [0.5, 0.6) is 0 Å². The molecule has 0 fully saturated rings. The molecule has 6 heteroatoms. The maximum absolute atomic E-state index is 13.9. The number of aliphatic hydroxyl groups is 1. The van der Waals surface area contributed by atoms with E-state index in [0.717, 1.165) is 6.07 Å². The zero-order chi connectivity index (χ0) is 16.7. The smallest absolute Gasteiger partial charge is 0.251 e. The molecular formula is C16H23FN2O3. The molecule has 0 aromatic heterocycles. The molecule has 0 aliphatic carbocycles. The van der Waals surface area contributed by atoms with Gasteiger partial charge < -0.3 is 15.7 Å². The maximum Gasteiger partial charge on any atom is 0.251 e. The predicted octanol–water partition coefficient (Wildman–Crippen LogP) is 2.31. The largest absolute Gasteiger partial charge is 0.393 e. The van der Waals surface area contributed by atoms with Crippen molar-refractivity contribution in [3.05, 3.63) is 29.6 Å². The molecular weight excluding hydrogens is 287 g/mol. The van der Waals surface area contributed by atoms with Crippen molar-refractivity contribution < 1.29 is 19.1 Å². The summed E-state index contributed by atoms with van der Waals surface area (Å²) >= 11 is 0. The Bertz CT molecular complexity index is 530. The number of nitrogens with one attached hydrogen (secondary N) is 2. The molecule has 1 aromatic carbocycles. The van der Waals surface area contributed by atoms with E-state index in [1.165, 1.54) is 12.1 Å². The summed E-state index contributed by atoms with van der Waals surface area (Å²) in [6.07, 6.45) is 0.231. The molecule has 0 aliphatic heterocycles. The van der Waals surface area contributed by atoms with Crippen LogP contribution in [0.15, 0.2) is 18.2 Å². The highest BCUT2D eigenvalue weighted by Crippen LogP contribution is 2.16. The number of amides is 2. The Hall–Kier alpha value is -1.95. The summed E-state index contributed by atoms with van der Waals surface area (Å²) in [5.41, 5.74) is 0.233. The molecule has 3 N–H and O–H groups in total. The Kier molecular flexibility index (Phi) is 6.98. The number of halogens is 1. The van der Waals surface area contributed by atoms with Crippen molar-refractivity contribution in [1.82, 2.24) is 5.32 Å². The molecule has 2 amide bonds. The molecule has 22 heavy (non-hydrogen) atoms. The fourth-order valence-corrected chi connectivity index (χ4v) is 1.83.